The number of hydrogen-bond donors (Lipinski definition) is 1. The Kier molecular flexibility index (Phi) is 5.34. The Morgan fingerprint density at radius 3 is 2.74 bits per heavy atom. The van der Waals surface area contributed by atoms with Gasteiger partial charge in [-0.05, 0) is 56.0 Å². The lowest BCUT2D eigenvalue weighted by Gasteiger charge is -2.30. The zero-order valence-corrected chi connectivity index (χ0v) is 12.1. The maximum Gasteiger partial charge on any atom is 0.126 e. The molecule has 1 heterocycles. The molecule has 1 fully saturated rings. The molecule has 19 heavy (non-hydrogen) atoms. The van der Waals surface area contributed by atoms with Gasteiger partial charge in [0.15, 0.2) is 0 Å². The van der Waals surface area contributed by atoms with E-state index in [-0.39, 0.29) is 5.82 Å². The van der Waals surface area contributed by atoms with E-state index in [2.05, 4.69) is 17.1 Å². The molecule has 0 amide bonds. The van der Waals surface area contributed by atoms with Crippen LogP contribution in [0.4, 0.5) is 4.39 Å². The van der Waals surface area contributed by atoms with E-state index in [1.54, 1.807) is 13.0 Å². The third kappa shape index (κ3) is 4.59. The molecule has 1 aliphatic heterocycles. The van der Waals surface area contributed by atoms with Gasteiger partial charge in [0.1, 0.15) is 5.82 Å². The van der Waals surface area contributed by atoms with Crippen LogP contribution in [0.3, 0.4) is 0 Å². The molecule has 0 atom stereocenters. The van der Waals surface area contributed by atoms with Crippen molar-refractivity contribution >= 4 is 0 Å². The van der Waals surface area contributed by atoms with Crippen LogP contribution in [-0.4, -0.2) is 31.1 Å². The second-order valence-corrected chi connectivity index (χ2v) is 5.78. The first-order chi connectivity index (χ1) is 9.15. The maximum absolute atomic E-state index is 13.4. The number of likely N-dealkylation sites (tertiary alicyclic amines) is 1. The first-order valence-corrected chi connectivity index (χ1v) is 7.33. The lowest BCUT2D eigenvalue weighted by molar-refractivity contribution is 0.193. The molecule has 3 heteroatoms. The minimum Gasteiger partial charge on any atom is -0.311 e. The summed E-state index contributed by atoms with van der Waals surface area (Å²) in [5.74, 6) is 0.782. The van der Waals surface area contributed by atoms with Crippen molar-refractivity contribution in [3.8, 4) is 0 Å². The highest BCUT2D eigenvalue weighted by Gasteiger charge is 2.14. The second kappa shape index (κ2) is 7.01. The van der Waals surface area contributed by atoms with Crippen LogP contribution in [0.25, 0.3) is 0 Å². The number of aryl methyl sites for hydroxylation is 1. The standard InChI is InChI=1S/C16H25FN2/c1-13-5-8-19(9-6-13)10-7-18-12-15-4-3-14(2)16(17)11-15/h3-4,11,13,18H,5-10,12H2,1-2H3. The smallest absolute Gasteiger partial charge is 0.126 e. The number of halogens is 1. The summed E-state index contributed by atoms with van der Waals surface area (Å²) in [5.41, 5.74) is 1.74. The first-order valence-electron chi connectivity index (χ1n) is 7.33. The van der Waals surface area contributed by atoms with Crippen LogP contribution < -0.4 is 5.32 Å². The highest BCUT2D eigenvalue weighted by atomic mass is 19.1. The Hall–Kier alpha value is -0.930. The van der Waals surface area contributed by atoms with E-state index in [1.165, 1.54) is 25.9 Å². The molecule has 0 saturated carbocycles. The van der Waals surface area contributed by atoms with E-state index in [1.807, 2.05) is 12.1 Å². The highest BCUT2D eigenvalue weighted by Crippen LogP contribution is 2.15. The average molecular weight is 264 g/mol. The predicted molar refractivity (Wildman–Crippen MR) is 77.7 cm³/mol. The number of benzene rings is 1. The molecule has 2 nitrogen and oxygen atoms in total. The number of piperidine rings is 1. The molecule has 0 unspecified atom stereocenters. The molecule has 0 aliphatic carbocycles. The molecule has 1 saturated heterocycles. The van der Waals surface area contributed by atoms with E-state index in [4.69, 9.17) is 0 Å². The molecule has 0 aromatic heterocycles. The van der Waals surface area contributed by atoms with Gasteiger partial charge in [-0.1, -0.05) is 19.1 Å². The number of hydrogen-bond acceptors (Lipinski definition) is 2. The summed E-state index contributed by atoms with van der Waals surface area (Å²) in [6, 6.07) is 5.47. The summed E-state index contributed by atoms with van der Waals surface area (Å²) in [4.78, 5) is 2.52. The number of nitrogens with one attached hydrogen (secondary N) is 1. The third-order valence-corrected chi connectivity index (χ3v) is 4.05. The van der Waals surface area contributed by atoms with Gasteiger partial charge in [-0.2, -0.15) is 0 Å². The van der Waals surface area contributed by atoms with E-state index in [0.717, 1.165) is 31.1 Å². The minimum atomic E-state index is -0.107. The maximum atomic E-state index is 13.4. The molecular formula is C16H25FN2. The minimum absolute atomic E-state index is 0.107. The van der Waals surface area contributed by atoms with E-state index >= 15 is 0 Å². The fourth-order valence-electron chi connectivity index (χ4n) is 2.50. The van der Waals surface area contributed by atoms with Crippen LogP contribution in [0, 0.1) is 18.7 Å². The Morgan fingerprint density at radius 2 is 2.05 bits per heavy atom. The predicted octanol–water partition coefficient (Wildman–Crippen LogP) is 2.96. The molecule has 1 aromatic carbocycles. The SMILES string of the molecule is Cc1ccc(CNCCN2CCC(C)CC2)cc1F. The topological polar surface area (TPSA) is 15.3 Å². The third-order valence-electron chi connectivity index (χ3n) is 4.05. The van der Waals surface area contributed by atoms with Crippen LogP contribution in [0.1, 0.15) is 30.9 Å². The van der Waals surface area contributed by atoms with Crippen molar-refractivity contribution in [3.05, 3.63) is 35.1 Å². The van der Waals surface area contributed by atoms with E-state index in [9.17, 15) is 4.39 Å². The van der Waals surface area contributed by atoms with Gasteiger partial charge in [0.2, 0.25) is 0 Å². The molecule has 0 radical (unpaired) electrons. The highest BCUT2D eigenvalue weighted by molar-refractivity contribution is 5.23. The molecule has 1 aliphatic rings. The van der Waals surface area contributed by atoms with Gasteiger partial charge >= 0.3 is 0 Å². The van der Waals surface area contributed by atoms with Gasteiger partial charge in [-0.25, -0.2) is 4.39 Å². The molecule has 1 N–H and O–H groups in total. The van der Waals surface area contributed by atoms with Crippen molar-refractivity contribution in [2.45, 2.75) is 33.2 Å². The monoisotopic (exact) mass is 264 g/mol. The zero-order chi connectivity index (χ0) is 13.7. The Balaban J connectivity index is 1.65. The number of rotatable bonds is 5. The average Bonchev–Trinajstić information content (AvgIpc) is 2.41. The normalized spacial score (nSPS) is 17.8. The largest absolute Gasteiger partial charge is 0.311 e. The number of nitrogens with zero attached hydrogens (tertiary/aromatic N) is 1. The van der Waals surface area contributed by atoms with Crippen LogP contribution in [0.5, 0.6) is 0 Å². The van der Waals surface area contributed by atoms with Gasteiger partial charge in [0.25, 0.3) is 0 Å². The molecule has 0 bridgehead atoms. The summed E-state index contributed by atoms with van der Waals surface area (Å²) in [5, 5.41) is 3.40. The van der Waals surface area contributed by atoms with E-state index < -0.39 is 0 Å². The van der Waals surface area contributed by atoms with Gasteiger partial charge < -0.3 is 10.2 Å². The van der Waals surface area contributed by atoms with Crippen molar-refractivity contribution in [2.24, 2.45) is 5.92 Å². The van der Waals surface area contributed by atoms with E-state index in [0.29, 0.717) is 5.56 Å². The van der Waals surface area contributed by atoms with Crippen molar-refractivity contribution in [3.63, 3.8) is 0 Å². The zero-order valence-electron chi connectivity index (χ0n) is 12.1. The van der Waals surface area contributed by atoms with Crippen molar-refractivity contribution < 1.29 is 4.39 Å². The Bertz CT molecular complexity index is 398. The van der Waals surface area contributed by atoms with Crippen molar-refractivity contribution in [1.29, 1.82) is 0 Å². The van der Waals surface area contributed by atoms with Gasteiger partial charge in [0.05, 0.1) is 0 Å². The van der Waals surface area contributed by atoms with Gasteiger partial charge in [-0.15, -0.1) is 0 Å². The molecule has 0 spiro atoms. The summed E-state index contributed by atoms with van der Waals surface area (Å²) < 4.78 is 13.4. The lowest BCUT2D eigenvalue weighted by atomic mass is 9.99. The van der Waals surface area contributed by atoms with Crippen molar-refractivity contribution in [2.75, 3.05) is 26.2 Å². The summed E-state index contributed by atoms with van der Waals surface area (Å²) in [7, 11) is 0. The summed E-state index contributed by atoms with van der Waals surface area (Å²) in [6.45, 7) is 9.40. The Morgan fingerprint density at radius 1 is 1.32 bits per heavy atom. The molecule has 2 rings (SSSR count). The van der Waals surface area contributed by atoms with Crippen molar-refractivity contribution in [1.82, 2.24) is 10.2 Å². The van der Waals surface area contributed by atoms with Crippen LogP contribution in [0.2, 0.25) is 0 Å². The fraction of sp³-hybridized carbons (Fsp3) is 0.625. The Labute approximate surface area is 116 Å². The molecule has 106 valence electrons. The van der Waals surface area contributed by atoms with Crippen LogP contribution in [-0.2, 0) is 6.54 Å². The molecule has 1 aromatic rings. The van der Waals surface area contributed by atoms with Gasteiger partial charge in [-0.3, -0.25) is 0 Å². The van der Waals surface area contributed by atoms with Crippen LogP contribution >= 0.6 is 0 Å². The van der Waals surface area contributed by atoms with Gasteiger partial charge in [0, 0.05) is 19.6 Å². The first kappa shape index (κ1) is 14.5. The summed E-state index contributed by atoms with van der Waals surface area (Å²) in [6.07, 6.45) is 2.65. The molecular weight excluding hydrogens is 239 g/mol. The van der Waals surface area contributed by atoms with Crippen LogP contribution in [0.15, 0.2) is 18.2 Å². The second-order valence-electron chi connectivity index (χ2n) is 5.78. The fourth-order valence-corrected chi connectivity index (χ4v) is 2.50. The summed E-state index contributed by atoms with van der Waals surface area (Å²) >= 11 is 0. The quantitative estimate of drug-likeness (QED) is 0.823. The lowest BCUT2D eigenvalue weighted by Crippen LogP contribution is -2.37.